The van der Waals surface area contributed by atoms with E-state index in [0.29, 0.717) is 26.0 Å². The first-order valence-corrected chi connectivity index (χ1v) is 26.6. The molecular formula is C37H71NO7Si3. The van der Waals surface area contributed by atoms with Gasteiger partial charge in [0.1, 0.15) is 18.3 Å². The van der Waals surface area contributed by atoms with Crippen molar-refractivity contribution in [2.45, 2.75) is 161 Å². The Hall–Kier alpha value is -1.51. The minimum Gasteiger partial charge on any atom is -0.454 e. The van der Waals surface area contributed by atoms with Gasteiger partial charge in [-0.25, -0.2) is 9.59 Å². The lowest BCUT2D eigenvalue weighted by Crippen LogP contribution is -2.58. The number of hydrogen-bond acceptors (Lipinski definition) is 7. The molecule has 0 fully saturated rings. The van der Waals surface area contributed by atoms with E-state index in [1.54, 1.807) is 6.08 Å². The Kier molecular flexibility index (Phi) is 20.7. The van der Waals surface area contributed by atoms with Crippen LogP contribution in [0.5, 0.6) is 0 Å². The number of cyclic esters (lactones) is 1. The zero-order chi connectivity index (χ0) is 36.3. The summed E-state index contributed by atoms with van der Waals surface area (Å²) in [7, 11) is -6.28. The van der Waals surface area contributed by atoms with Gasteiger partial charge >= 0.3 is 12.1 Å². The van der Waals surface area contributed by atoms with Crippen LogP contribution in [0.2, 0.25) is 54.4 Å². The maximum Gasteiger partial charge on any atom is 0.407 e. The number of amides is 1. The molecule has 8 nitrogen and oxygen atoms in total. The number of hydrogen-bond donors (Lipinski definition) is 1. The number of ether oxygens (including phenoxy) is 2. The molecule has 1 aliphatic rings. The van der Waals surface area contributed by atoms with Crippen molar-refractivity contribution < 1.29 is 32.3 Å². The second kappa shape index (κ2) is 22.3. The summed E-state index contributed by atoms with van der Waals surface area (Å²) in [5, 5.41) is 2.97. The molecule has 1 amide bonds. The van der Waals surface area contributed by atoms with Crippen molar-refractivity contribution in [1.82, 2.24) is 5.32 Å². The van der Waals surface area contributed by atoms with Gasteiger partial charge in [0.05, 0.1) is 6.10 Å². The van der Waals surface area contributed by atoms with Crippen molar-refractivity contribution in [3.63, 3.8) is 0 Å². The summed E-state index contributed by atoms with van der Waals surface area (Å²) < 4.78 is 33.2. The number of alkyl carbamates (subject to hydrolysis) is 1. The fourth-order valence-electron chi connectivity index (χ4n) is 6.94. The second-order valence-corrected chi connectivity index (χ2v) is 27.5. The highest BCUT2D eigenvalue weighted by atomic mass is 28.4. The van der Waals surface area contributed by atoms with Gasteiger partial charge in [-0.2, -0.15) is 0 Å². The fraction of sp³-hybridized carbons (Fsp3) is 0.784. The summed E-state index contributed by atoms with van der Waals surface area (Å²) in [6.07, 6.45) is 10.0. The van der Waals surface area contributed by atoms with E-state index in [1.807, 2.05) is 12.2 Å². The van der Waals surface area contributed by atoms with Crippen LogP contribution < -0.4 is 5.32 Å². The Balaban J connectivity index is 3.95. The largest absolute Gasteiger partial charge is 0.454 e. The molecule has 0 saturated heterocycles. The third-order valence-corrected chi connectivity index (χ3v) is 25.3. The number of carbonyl (C=O) groups is 2. The number of esters is 1. The topological polar surface area (TPSA) is 92.3 Å². The van der Waals surface area contributed by atoms with Crippen LogP contribution >= 0.6 is 0 Å². The molecule has 1 heterocycles. The molecule has 1 N–H and O–H groups in total. The molecule has 0 aromatic heterocycles. The molecule has 0 spiro atoms. The molecule has 0 saturated carbocycles. The van der Waals surface area contributed by atoms with Crippen molar-refractivity contribution >= 4 is 37.0 Å². The molecule has 4 atom stereocenters. The van der Waals surface area contributed by atoms with Crippen LogP contribution in [0.25, 0.3) is 0 Å². The fourth-order valence-corrected chi connectivity index (χ4v) is 15.6. The Bertz CT molecular complexity index is 986. The summed E-state index contributed by atoms with van der Waals surface area (Å²) in [5.74, 6) is -0.264. The Morgan fingerprint density at radius 1 is 0.917 bits per heavy atom. The zero-order valence-corrected chi connectivity index (χ0v) is 35.3. The third kappa shape index (κ3) is 12.7. The first kappa shape index (κ1) is 44.5. The normalized spacial score (nSPS) is 19.2. The zero-order valence-electron chi connectivity index (χ0n) is 32.3. The second-order valence-electron chi connectivity index (χ2n) is 13.3. The molecule has 0 unspecified atom stereocenters. The SMILES string of the molecule is C=CCOC(=O)NCC[C@](/C=C/[C@@H]1OC(=O)C=C[C@@H]1CC)(O[Si](CC)(CC)CC)[C@@H](CCO[Si](CC)(CC)CC)O[Si](CC)(CC)CC. The van der Waals surface area contributed by atoms with E-state index < -0.39 is 42.8 Å². The highest BCUT2D eigenvalue weighted by Gasteiger charge is 2.48. The van der Waals surface area contributed by atoms with E-state index >= 15 is 0 Å². The lowest BCUT2D eigenvalue weighted by molar-refractivity contribution is -0.143. The van der Waals surface area contributed by atoms with Crippen molar-refractivity contribution in [3.05, 3.63) is 37.0 Å². The molecule has 0 bridgehead atoms. The monoisotopic (exact) mass is 725 g/mol. The maximum absolute atomic E-state index is 12.6. The summed E-state index contributed by atoms with van der Waals surface area (Å²) in [6.45, 7) is 27.1. The molecule has 11 heteroatoms. The van der Waals surface area contributed by atoms with E-state index in [0.717, 1.165) is 60.8 Å². The van der Waals surface area contributed by atoms with Crippen molar-refractivity contribution in [2.75, 3.05) is 19.8 Å². The summed E-state index contributed by atoms with van der Waals surface area (Å²) in [6, 6.07) is 9.13. The predicted octanol–water partition coefficient (Wildman–Crippen LogP) is 9.92. The van der Waals surface area contributed by atoms with Crippen LogP contribution in [0.4, 0.5) is 4.79 Å². The van der Waals surface area contributed by atoms with Crippen LogP contribution in [0, 0.1) is 5.92 Å². The molecule has 0 aromatic rings. The molecule has 278 valence electrons. The Morgan fingerprint density at radius 3 is 1.98 bits per heavy atom. The summed E-state index contributed by atoms with van der Waals surface area (Å²) in [4.78, 5) is 25.1. The standard InChI is InChI=1S/C37H71NO7Si3/c1-12-30-41-36(40)38-29-28-37(45-48(20-9,21-10)22-11,27-25-33-32(13-2)23-24-35(39)43-33)34(44-47(17-6,18-7)19-8)26-31-42-46(14-3,15-4)16-5/h12,23-25,27,32-34H,1,13-22,26,28-31H2,2-11H3,(H,38,40)/b27-25+/t32-,33-,34+,37-/m0/s1. The number of rotatable bonds is 26. The van der Waals surface area contributed by atoms with Gasteiger partial charge in [0.2, 0.25) is 0 Å². The lowest BCUT2D eigenvalue weighted by atomic mass is 9.88. The first-order chi connectivity index (χ1) is 22.9. The summed E-state index contributed by atoms with van der Waals surface area (Å²) >= 11 is 0. The third-order valence-electron chi connectivity index (χ3n) is 11.2. The molecule has 1 rings (SSSR count). The quantitative estimate of drug-likeness (QED) is 0.0539. The minimum atomic E-state index is -2.27. The number of nitrogens with one attached hydrogen (secondary N) is 1. The maximum atomic E-state index is 12.6. The highest BCUT2D eigenvalue weighted by molar-refractivity contribution is 6.74. The van der Waals surface area contributed by atoms with Crippen LogP contribution in [0.15, 0.2) is 37.0 Å². The van der Waals surface area contributed by atoms with E-state index in [-0.39, 0.29) is 24.6 Å². The van der Waals surface area contributed by atoms with Gasteiger partial charge in [0.15, 0.2) is 25.0 Å². The van der Waals surface area contributed by atoms with Crippen molar-refractivity contribution in [2.24, 2.45) is 5.92 Å². The van der Waals surface area contributed by atoms with Crippen LogP contribution in [-0.2, 0) is 27.5 Å². The van der Waals surface area contributed by atoms with E-state index in [4.69, 9.17) is 22.8 Å². The van der Waals surface area contributed by atoms with Gasteiger partial charge < -0.3 is 28.1 Å². The van der Waals surface area contributed by atoms with Gasteiger partial charge in [-0.15, -0.1) is 0 Å². The average Bonchev–Trinajstić information content (AvgIpc) is 3.12. The van der Waals surface area contributed by atoms with Gasteiger partial charge in [0.25, 0.3) is 0 Å². The molecule has 0 aromatic carbocycles. The van der Waals surface area contributed by atoms with Crippen molar-refractivity contribution in [1.29, 1.82) is 0 Å². The molecule has 0 radical (unpaired) electrons. The van der Waals surface area contributed by atoms with Gasteiger partial charge in [-0.1, -0.05) is 94.0 Å². The summed E-state index contributed by atoms with van der Waals surface area (Å²) in [5.41, 5.74) is -0.887. The first-order valence-electron chi connectivity index (χ1n) is 19.1. The van der Waals surface area contributed by atoms with Crippen LogP contribution in [-0.4, -0.2) is 74.6 Å². The molecule has 0 aliphatic carbocycles. The highest BCUT2D eigenvalue weighted by Crippen LogP contribution is 2.39. The molecular weight excluding hydrogens is 655 g/mol. The van der Waals surface area contributed by atoms with Gasteiger partial charge in [-0.05, 0) is 79.7 Å². The molecule has 1 aliphatic heterocycles. The minimum absolute atomic E-state index is 0.0672. The van der Waals surface area contributed by atoms with Gasteiger partial charge in [0, 0.05) is 25.1 Å². The Morgan fingerprint density at radius 2 is 1.48 bits per heavy atom. The average molecular weight is 726 g/mol. The smallest absolute Gasteiger partial charge is 0.407 e. The van der Waals surface area contributed by atoms with E-state index in [2.05, 4.69) is 87.2 Å². The van der Waals surface area contributed by atoms with E-state index in [1.165, 1.54) is 6.08 Å². The van der Waals surface area contributed by atoms with E-state index in [9.17, 15) is 9.59 Å². The molecule has 48 heavy (non-hydrogen) atoms. The Labute approximate surface area is 297 Å². The van der Waals surface area contributed by atoms with Crippen molar-refractivity contribution in [3.8, 4) is 0 Å². The van der Waals surface area contributed by atoms with Crippen LogP contribution in [0.3, 0.4) is 0 Å². The lowest BCUT2D eigenvalue weighted by Gasteiger charge is -2.48. The van der Waals surface area contributed by atoms with Crippen LogP contribution in [0.1, 0.15) is 88.5 Å². The predicted molar refractivity (Wildman–Crippen MR) is 207 cm³/mol. The van der Waals surface area contributed by atoms with Gasteiger partial charge in [-0.3, -0.25) is 0 Å². The number of carbonyl (C=O) groups excluding carboxylic acids is 2.